The molecule has 0 spiro atoms. The third-order valence-electron chi connectivity index (χ3n) is 1.83. The lowest BCUT2D eigenvalue weighted by Gasteiger charge is -2.04. The van der Waals surface area contributed by atoms with Crippen molar-refractivity contribution < 1.29 is 14.5 Å². The maximum absolute atomic E-state index is 11.4. The first-order valence-electron chi connectivity index (χ1n) is 3.98. The van der Waals surface area contributed by atoms with Crippen LogP contribution in [0.25, 0.3) is 0 Å². The number of halogens is 1. The molecule has 6 nitrogen and oxygen atoms in total. The number of carbonyl (C=O) groups excluding carboxylic acids is 1. The van der Waals surface area contributed by atoms with Gasteiger partial charge in [-0.05, 0) is 22.0 Å². The molecule has 0 aromatic heterocycles. The summed E-state index contributed by atoms with van der Waals surface area (Å²) in [6, 6.07) is 4.10. The summed E-state index contributed by atoms with van der Waals surface area (Å²) in [6.45, 7) is 0. The fourth-order valence-electron chi connectivity index (χ4n) is 1.13. The van der Waals surface area contributed by atoms with Crippen LogP contribution in [0, 0.1) is 21.4 Å². The Morgan fingerprint density at radius 2 is 2.25 bits per heavy atom. The predicted octanol–water partition coefficient (Wildman–Crippen LogP) is 2.02. The summed E-state index contributed by atoms with van der Waals surface area (Å²) in [5, 5.41) is 19.5. The summed E-state index contributed by atoms with van der Waals surface area (Å²) in [5.41, 5.74) is -0.878. The molecule has 0 aliphatic rings. The maximum Gasteiger partial charge on any atom is 0.340 e. The van der Waals surface area contributed by atoms with Crippen LogP contribution in [0.2, 0.25) is 0 Å². The minimum absolute atomic E-state index is 0.140. The number of nitro groups is 1. The second-order valence-corrected chi connectivity index (χ2v) is 3.53. The monoisotopic (exact) mass is 284 g/mol. The molecule has 1 aromatic rings. The molecule has 0 aliphatic heterocycles. The van der Waals surface area contributed by atoms with Crippen LogP contribution in [0.4, 0.5) is 5.69 Å². The highest BCUT2D eigenvalue weighted by Gasteiger charge is 2.24. The van der Waals surface area contributed by atoms with Crippen LogP contribution in [0.1, 0.15) is 15.9 Å². The van der Waals surface area contributed by atoms with Gasteiger partial charge in [-0.1, -0.05) is 0 Å². The van der Waals surface area contributed by atoms with Crippen molar-refractivity contribution in [2.75, 3.05) is 7.11 Å². The van der Waals surface area contributed by atoms with Crippen molar-refractivity contribution in [2.45, 2.75) is 0 Å². The van der Waals surface area contributed by atoms with E-state index < -0.39 is 16.6 Å². The number of methoxy groups -OCH3 is 1. The molecule has 0 bridgehead atoms. The molecule has 0 aliphatic carbocycles. The summed E-state index contributed by atoms with van der Waals surface area (Å²) in [7, 11) is 1.13. The van der Waals surface area contributed by atoms with Crippen LogP contribution in [0.5, 0.6) is 0 Å². The van der Waals surface area contributed by atoms with Gasteiger partial charge in [-0.2, -0.15) is 5.26 Å². The van der Waals surface area contributed by atoms with Crippen molar-refractivity contribution in [2.24, 2.45) is 0 Å². The van der Waals surface area contributed by atoms with E-state index in [1.54, 1.807) is 6.07 Å². The molecule has 0 unspecified atom stereocenters. The van der Waals surface area contributed by atoms with Gasteiger partial charge >= 0.3 is 5.97 Å². The highest BCUT2D eigenvalue weighted by Crippen LogP contribution is 2.28. The lowest BCUT2D eigenvalue weighted by atomic mass is 10.1. The highest BCUT2D eigenvalue weighted by molar-refractivity contribution is 9.10. The third-order valence-corrected chi connectivity index (χ3v) is 2.49. The Kier molecular flexibility index (Phi) is 3.58. The van der Waals surface area contributed by atoms with E-state index in [0.29, 0.717) is 0 Å². The molecule has 1 rings (SSSR count). The SMILES string of the molecule is COC(=O)c1c(Br)ccc([N+](=O)[O-])c1C#N. The molecule has 0 heterocycles. The molecule has 0 N–H and O–H groups in total. The van der Waals surface area contributed by atoms with Gasteiger partial charge in [0.1, 0.15) is 11.6 Å². The normalized spacial score (nSPS) is 9.31. The van der Waals surface area contributed by atoms with E-state index in [-0.39, 0.29) is 15.6 Å². The number of hydrogen-bond acceptors (Lipinski definition) is 5. The number of rotatable bonds is 2. The van der Waals surface area contributed by atoms with E-state index in [1.807, 2.05) is 0 Å². The van der Waals surface area contributed by atoms with Crippen LogP contribution in [0.15, 0.2) is 16.6 Å². The summed E-state index contributed by atoms with van der Waals surface area (Å²) >= 11 is 3.04. The van der Waals surface area contributed by atoms with Crippen LogP contribution < -0.4 is 0 Å². The van der Waals surface area contributed by atoms with Gasteiger partial charge in [0.15, 0.2) is 0 Å². The lowest BCUT2D eigenvalue weighted by Crippen LogP contribution is -2.07. The van der Waals surface area contributed by atoms with Crippen LogP contribution in [0.3, 0.4) is 0 Å². The standard InChI is InChI=1S/C9H5BrN2O4/c1-16-9(13)8-5(4-11)7(12(14)15)3-2-6(8)10/h2-3H,1H3. The van der Waals surface area contributed by atoms with Gasteiger partial charge in [-0.25, -0.2) is 4.79 Å². The van der Waals surface area contributed by atoms with Crippen molar-refractivity contribution in [1.82, 2.24) is 0 Å². The van der Waals surface area contributed by atoms with E-state index >= 15 is 0 Å². The zero-order valence-electron chi connectivity index (χ0n) is 8.06. The number of nitro benzene ring substituents is 1. The second-order valence-electron chi connectivity index (χ2n) is 2.68. The lowest BCUT2D eigenvalue weighted by molar-refractivity contribution is -0.385. The van der Waals surface area contributed by atoms with Crippen molar-refractivity contribution in [3.8, 4) is 6.07 Å². The molecule has 0 saturated carbocycles. The van der Waals surface area contributed by atoms with Crippen molar-refractivity contribution >= 4 is 27.6 Å². The number of benzene rings is 1. The van der Waals surface area contributed by atoms with Crippen molar-refractivity contribution in [1.29, 1.82) is 5.26 Å². The van der Waals surface area contributed by atoms with Gasteiger partial charge in [0.05, 0.1) is 17.6 Å². The topological polar surface area (TPSA) is 93.2 Å². The third kappa shape index (κ3) is 2.01. The molecule has 16 heavy (non-hydrogen) atoms. The molecule has 7 heteroatoms. The molecular formula is C9H5BrN2O4. The Labute approximate surface area is 98.7 Å². The first-order chi connectivity index (χ1) is 7.52. The van der Waals surface area contributed by atoms with E-state index in [9.17, 15) is 14.9 Å². The predicted molar refractivity (Wildman–Crippen MR) is 56.9 cm³/mol. The number of esters is 1. The van der Waals surface area contributed by atoms with E-state index in [1.165, 1.54) is 6.07 Å². The Hall–Kier alpha value is -1.94. The largest absolute Gasteiger partial charge is 0.465 e. The second kappa shape index (κ2) is 4.72. The molecule has 0 saturated heterocycles. The minimum atomic E-state index is -0.799. The molecule has 0 atom stereocenters. The molecule has 0 amide bonds. The number of nitrogens with zero attached hydrogens (tertiary/aromatic N) is 2. The van der Waals surface area contributed by atoms with E-state index in [2.05, 4.69) is 20.7 Å². The summed E-state index contributed by atoms with van der Waals surface area (Å²) in [6.07, 6.45) is 0. The molecular weight excluding hydrogens is 280 g/mol. The Balaban J connectivity index is 3.58. The zero-order chi connectivity index (χ0) is 12.3. The molecule has 0 fully saturated rings. The summed E-state index contributed by atoms with van der Waals surface area (Å²) in [4.78, 5) is 21.3. The Morgan fingerprint density at radius 1 is 1.62 bits per heavy atom. The van der Waals surface area contributed by atoms with Gasteiger partial charge in [0, 0.05) is 10.5 Å². The average Bonchev–Trinajstić information content (AvgIpc) is 2.26. The Bertz CT molecular complexity index is 507. The quantitative estimate of drug-likeness (QED) is 0.470. The minimum Gasteiger partial charge on any atom is -0.465 e. The van der Waals surface area contributed by atoms with E-state index in [4.69, 9.17) is 5.26 Å². The number of hydrogen-bond donors (Lipinski definition) is 0. The number of nitriles is 1. The molecule has 0 radical (unpaired) electrons. The molecule has 82 valence electrons. The van der Waals surface area contributed by atoms with Gasteiger partial charge in [-0.3, -0.25) is 10.1 Å². The van der Waals surface area contributed by atoms with E-state index in [0.717, 1.165) is 13.2 Å². The zero-order valence-corrected chi connectivity index (χ0v) is 9.65. The smallest absolute Gasteiger partial charge is 0.340 e. The average molecular weight is 285 g/mol. The summed E-state index contributed by atoms with van der Waals surface area (Å²) in [5.74, 6) is -0.799. The first-order valence-corrected chi connectivity index (χ1v) is 4.77. The van der Waals surface area contributed by atoms with Gasteiger partial charge in [0.2, 0.25) is 0 Å². The van der Waals surface area contributed by atoms with Crippen LogP contribution in [-0.4, -0.2) is 18.0 Å². The highest BCUT2D eigenvalue weighted by atomic mass is 79.9. The number of carbonyl (C=O) groups is 1. The van der Waals surface area contributed by atoms with Crippen molar-refractivity contribution in [3.63, 3.8) is 0 Å². The maximum atomic E-state index is 11.4. The molecule has 1 aromatic carbocycles. The Morgan fingerprint density at radius 3 is 2.69 bits per heavy atom. The van der Waals surface area contributed by atoms with Crippen LogP contribution in [-0.2, 0) is 4.74 Å². The number of ether oxygens (including phenoxy) is 1. The van der Waals surface area contributed by atoms with Crippen LogP contribution >= 0.6 is 15.9 Å². The summed E-state index contributed by atoms with van der Waals surface area (Å²) < 4.78 is 4.73. The fraction of sp³-hybridized carbons (Fsp3) is 0.111. The van der Waals surface area contributed by atoms with Crippen molar-refractivity contribution in [3.05, 3.63) is 37.8 Å². The first kappa shape index (κ1) is 12.1. The van der Waals surface area contributed by atoms with Gasteiger partial charge in [-0.15, -0.1) is 0 Å². The van der Waals surface area contributed by atoms with Gasteiger partial charge in [0.25, 0.3) is 5.69 Å². The fourth-order valence-corrected chi connectivity index (χ4v) is 1.63. The van der Waals surface area contributed by atoms with Gasteiger partial charge < -0.3 is 4.74 Å².